The molecule has 6 heteroatoms. The molecule has 1 amide bonds. The standard InChI is InChI=1S/C20H14N2O4/c21-12-16(19(23)14-10-11-25-13-14)20(24)22-17-8-4-5-9-18(17)26-15-6-2-1-3-7-15/h1-11,13,16H,(H,22,24)/t16-/m0/s1. The minimum atomic E-state index is -1.49. The minimum Gasteiger partial charge on any atom is -0.472 e. The molecular weight excluding hydrogens is 332 g/mol. The fourth-order valence-electron chi connectivity index (χ4n) is 2.29. The maximum atomic E-state index is 12.4. The number of Topliss-reactive ketones (excluding diaryl/α,β-unsaturated/α-hetero) is 1. The highest BCUT2D eigenvalue weighted by molar-refractivity contribution is 6.15. The molecule has 0 unspecified atom stereocenters. The van der Waals surface area contributed by atoms with Crippen LogP contribution in [0.3, 0.4) is 0 Å². The first kappa shape index (κ1) is 17.0. The summed E-state index contributed by atoms with van der Waals surface area (Å²) in [6.45, 7) is 0. The van der Waals surface area contributed by atoms with Crippen molar-refractivity contribution in [1.29, 1.82) is 5.26 Å². The maximum absolute atomic E-state index is 12.4. The Morgan fingerprint density at radius 1 is 1.04 bits per heavy atom. The van der Waals surface area contributed by atoms with Gasteiger partial charge in [0, 0.05) is 0 Å². The Morgan fingerprint density at radius 3 is 2.46 bits per heavy atom. The third kappa shape index (κ3) is 3.79. The molecule has 0 saturated carbocycles. The molecule has 0 aliphatic carbocycles. The van der Waals surface area contributed by atoms with Crippen molar-refractivity contribution in [2.75, 3.05) is 5.32 Å². The molecule has 0 aliphatic heterocycles. The Balaban J connectivity index is 1.79. The number of furan rings is 1. The van der Waals surface area contributed by atoms with Crippen molar-refractivity contribution in [1.82, 2.24) is 0 Å². The van der Waals surface area contributed by atoms with Gasteiger partial charge in [0.15, 0.2) is 17.5 Å². The first-order valence-electron chi connectivity index (χ1n) is 7.78. The van der Waals surface area contributed by atoms with Gasteiger partial charge in [-0.1, -0.05) is 30.3 Å². The van der Waals surface area contributed by atoms with Gasteiger partial charge >= 0.3 is 0 Å². The summed E-state index contributed by atoms with van der Waals surface area (Å²) in [4.78, 5) is 24.7. The lowest BCUT2D eigenvalue weighted by atomic mass is 10.00. The number of hydrogen-bond acceptors (Lipinski definition) is 5. The van der Waals surface area contributed by atoms with Crippen molar-refractivity contribution >= 4 is 17.4 Å². The van der Waals surface area contributed by atoms with E-state index in [4.69, 9.17) is 9.15 Å². The van der Waals surface area contributed by atoms with Crippen molar-refractivity contribution in [2.45, 2.75) is 0 Å². The molecule has 2 aromatic carbocycles. The quantitative estimate of drug-likeness (QED) is 0.537. The van der Waals surface area contributed by atoms with E-state index in [1.807, 2.05) is 18.2 Å². The van der Waals surface area contributed by atoms with Crippen LogP contribution in [-0.4, -0.2) is 11.7 Å². The average molecular weight is 346 g/mol. The summed E-state index contributed by atoms with van der Waals surface area (Å²) < 4.78 is 10.6. The second-order valence-corrected chi connectivity index (χ2v) is 5.34. The molecule has 0 spiro atoms. The number of nitrogens with one attached hydrogen (secondary N) is 1. The van der Waals surface area contributed by atoms with Crippen molar-refractivity contribution in [3.05, 3.63) is 78.8 Å². The Hall–Kier alpha value is -3.85. The van der Waals surface area contributed by atoms with Crippen LogP contribution in [0.25, 0.3) is 0 Å². The number of nitrogens with zero attached hydrogens (tertiary/aromatic N) is 1. The number of benzene rings is 2. The number of nitriles is 1. The van der Waals surface area contributed by atoms with E-state index in [0.717, 1.165) is 0 Å². The molecule has 0 aliphatic rings. The smallest absolute Gasteiger partial charge is 0.249 e. The van der Waals surface area contributed by atoms with E-state index in [2.05, 4.69) is 5.32 Å². The number of ether oxygens (including phenoxy) is 1. The highest BCUT2D eigenvalue weighted by atomic mass is 16.5. The first-order chi connectivity index (χ1) is 12.7. The minimum absolute atomic E-state index is 0.167. The highest BCUT2D eigenvalue weighted by Crippen LogP contribution is 2.29. The van der Waals surface area contributed by atoms with E-state index in [1.54, 1.807) is 42.5 Å². The number of anilines is 1. The molecule has 3 aromatic rings. The topological polar surface area (TPSA) is 92.3 Å². The molecule has 0 saturated heterocycles. The molecule has 3 rings (SSSR count). The van der Waals surface area contributed by atoms with Crippen LogP contribution in [0.2, 0.25) is 0 Å². The van der Waals surface area contributed by atoms with Crippen molar-refractivity contribution in [2.24, 2.45) is 5.92 Å². The molecule has 6 nitrogen and oxygen atoms in total. The lowest BCUT2D eigenvalue weighted by Gasteiger charge is -2.13. The van der Waals surface area contributed by atoms with E-state index in [-0.39, 0.29) is 5.56 Å². The molecule has 0 fully saturated rings. The van der Waals surface area contributed by atoms with Gasteiger partial charge in [0.05, 0.1) is 23.6 Å². The van der Waals surface area contributed by atoms with Crippen LogP contribution in [0.4, 0.5) is 5.69 Å². The second-order valence-electron chi connectivity index (χ2n) is 5.34. The van der Waals surface area contributed by atoms with Crippen LogP contribution in [-0.2, 0) is 4.79 Å². The zero-order valence-electron chi connectivity index (χ0n) is 13.6. The number of carbonyl (C=O) groups is 2. The maximum Gasteiger partial charge on any atom is 0.249 e. The predicted molar refractivity (Wildman–Crippen MR) is 93.7 cm³/mol. The van der Waals surface area contributed by atoms with Crippen LogP contribution in [0.15, 0.2) is 77.6 Å². The molecule has 1 N–H and O–H groups in total. The first-order valence-corrected chi connectivity index (χ1v) is 7.78. The van der Waals surface area contributed by atoms with Gasteiger partial charge in [0.1, 0.15) is 12.0 Å². The number of hydrogen-bond donors (Lipinski definition) is 1. The highest BCUT2D eigenvalue weighted by Gasteiger charge is 2.28. The molecule has 128 valence electrons. The van der Waals surface area contributed by atoms with E-state index in [9.17, 15) is 14.9 Å². The fraction of sp³-hybridized carbons (Fsp3) is 0.0500. The zero-order chi connectivity index (χ0) is 18.4. The summed E-state index contributed by atoms with van der Waals surface area (Å²) in [5.41, 5.74) is 0.530. The third-order valence-corrected chi connectivity index (χ3v) is 3.58. The second kappa shape index (κ2) is 7.81. The molecule has 0 bridgehead atoms. The van der Waals surface area contributed by atoms with Crippen molar-refractivity contribution in [3.8, 4) is 17.6 Å². The van der Waals surface area contributed by atoms with Crippen LogP contribution < -0.4 is 10.1 Å². The summed E-state index contributed by atoms with van der Waals surface area (Å²) in [6.07, 6.45) is 2.51. The number of para-hydroxylation sites is 3. The monoisotopic (exact) mass is 346 g/mol. The normalized spacial score (nSPS) is 11.2. The van der Waals surface area contributed by atoms with Gasteiger partial charge in [-0.15, -0.1) is 0 Å². The van der Waals surface area contributed by atoms with E-state index >= 15 is 0 Å². The molecule has 1 atom stereocenters. The molecule has 1 aromatic heterocycles. The summed E-state index contributed by atoms with van der Waals surface area (Å²) in [7, 11) is 0. The Kier molecular flexibility index (Phi) is 5.11. The lowest BCUT2D eigenvalue weighted by Crippen LogP contribution is -2.28. The van der Waals surface area contributed by atoms with Gasteiger partial charge in [-0.25, -0.2) is 0 Å². The summed E-state index contributed by atoms with van der Waals surface area (Å²) in [5.74, 6) is -1.85. The van der Waals surface area contributed by atoms with Crippen LogP contribution in [0.5, 0.6) is 11.5 Å². The van der Waals surface area contributed by atoms with Crippen LogP contribution in [0.1, 0.15) is 10.4 Å². The largest absolute Gasteiger partial charge is 0.472 e. The van der Waals surface area contributed by atoms with E-state index in [0.29, 0.717) is 17.2 Å². The fourth-order valence-corrected chi connectivity index (χ4v) is 2.29. The molecule has 0 radical (unpaired) electrons. The number of amides is 1. The zero-order valence-corrected chi connectivity index (χ0v) is 13.6. The van der Waals surface area contributed by atoms with Gasteiger partial charge in [-0.05, 0) is 30.3 Å². The Morgan fingerprint density at radius 2 is 1.77 bits per heavy atom. The number of rotatable bonds is 6. The number of ketones is 1. The molecule has 1 heterocycles. The average Bonchev–Trinajstić information content (AvgIpc) is 3.19. The van der Waals surface area contributed by atoms with Crippen LogP contribution >= 0.6 is 0 Å². The summed E-state index contributed by atoms with van der Waals surface area (Å²) in [6, 6.07) is 19.0. The lowest BCUT2D eigenvalue weighted by molar-refractivity contribution is -0.117. The summed E-state index contributed by atoms with van der Waals surface area (Å²) in [5, 5.41) is 11.8. The predicted octanol–water partition coefficient (Wildman–Crippen LogP) is 4.03. The SMILES string of the molecule is N#C[C@H](C(=O)Nc1ccccc1Oc1ccccc1)C(=O)c1ccoc1. The van der Waals surface area contributed by atoms with Crippen LogP contribution in [0, 0.1) is 17.2 Å². The Labute approximate surface area is 149 Å². The van der Waals surface area contributed by atoms with Gasteiger partial charge < -0.3 is 14.5 Å². The van der Waals surface area contributed by atoms with Gasteiger partial charge in [0.25, 0.3) is 0 Å². The van der Waals surface area contributed by atoms with Gasteiger partial charge in [0.2, 0.25) is 5.91 Å². The van der Waals surface area contributed by atoms with E-state index in [1.165, 1.54) is 18.6 Å². The number of carbonyl (C=O) groups excluding carboxylic acids is 2. The summed E-state index contributed by atoms with van der Waals surface area (Å²) >= 11 is 0. The molecule has 26 heavy (non-hydrogen) atoms. The molecular formula is C20H14N2O4. The van der Waals surface area contributed by atoms with Crippen molar-refractivity contribution < 1.29 is 18.7 Å². The van der Waals surface area contributed by atoms with Gasteiger partial charge in [-0.3, -0.25) is 9.59 Å². The van der Waals surface area contributed by atoms with Gasteiger partial charge in [-0.2, -0.15) is 5.26 Å². The van der Waals surface area contributed by atoms with Crippen molar-refractivity contribution in [3.63, 3.8) is 0 Å². The Bertz CT molecular complexity index is 943. The van der Waals surface area contributed by atoms with E-state index < -0.39 is 17.6 Å². The third-order valence-electron chi connectivity index (χ3n) is 3.58.